The van der Waals surface area contributed by atoms with Crippen LogP contribution in [0.2, 0.25) is 0 Å². The summed E-state index contributed by atoms with van der Waals surface area (Å²) in [7, 11) is 0. The Morgan fingerprint density at radius 2 is 2.03 bits per heavy atom. The van der Waals surface area contributed by atoms with Crippen molar-refractivity contribution in [3.05, 3.63) is 28.5 Å². The van der Waals surface area contributed by atoms with E-state index in [1.54, 1.807) is 11.8 Å². The molecule has 11 heteroatoms. The Balaban J connectivity index is 1.67. The van der Waals surface area contributed by atoms with Crippen LogP contribution in [0.25, 0.3) is 10.4 Å². The van der Waals surface area contributed by atoms with Gasteiger partial charge in [0.1, 0.15) is 17.6 Å². The summed E-state index contributed by atoms with van der Waals surface area (Å²) in [6.07, 6.45) is -0.368. The fraction of sp³-hybridized carbons (Fsp3) is 0.583. The summed E-state index contributed by atoms with van der Waals surface area (Å²) in [4.78, 5) is 37.2. The van der Waals surface area contributed by atoms with Gasteiger partial charge >= 0.3 is 6.18 Å². The van der Waals surface area contributed by atoms with Crippen molar-refractivity contribution in [1.29, 1.82) is 0 Å². The van der Waals surface area contributed by atoms with Gasteiger partial charge in [0.2, 0.25) is 0 Å². The number of anilines is 1. The summed E-state index contributed by atoms with van der Waals surface area (Å²) < 4.78 is 39.6. The number of likely N-dealkylation sites (tertiary alicyclic amines) is 1. The monoisotopic (exact) mass is 509 g/mol. The molecule has 1 aliphatic carbocycles. The summed E-state index contributed by atoms with van der Waals surface area (Å²) in [6, 6.07) is 0.00166. The normalized spacial score (nSPS) is 22.7. The summed E-state index contributed by atoms with van der Waals surface area (Å²) in [5.41, 5.74) is 1.39. The van der Waals surface area contributed by atoms with E-state index in [4.69, 9.17) is 0 Å². The molecule has 0 unspecified atom stereocenters. The SMILES string of the molecule is CC[C@H](Nc1cc(C)c(-c2sc(C(=O)N[C@@H]3C[C@H]3C)nc2C(=O)N2CCC[C@@H]2C)cn1)C(F)(F)F. The molecule has 2 aromatic heterocycles. The van der Waals surface area contributed by atoms with Crippen LogP contribution in [0.5, 0.6) is 0 Å². The Hall–Kier alpha value is -2.69. The van der Waals surface area contributed by atoms with Crippen LogP contribution >= 0.6 is 11.3 Å². The lowest BCUT2D eigenvalue weighted by Crippen LogP contribution is -2.35. The first-order valence-electron chi connectivity index (χ1n) is 11.9. The van der Waals surface area contributed by atoms with Crippen molar-refractivity contribution in [3.8, 4) is 10.4 Å². The number of nitrogens with one attached hydrogen (secondary N) is 2. The minimum absolute atomic E-state index is 0.0702. The third-order valence-electron chi connectivity index (χ3n) is 6.74. The van der Waals surface area contributed by atoms with Gasteiger partial charge < -0.3 is 15.5 Å². The van der Waals surface area contributed by atoms with E-state index >= 15 is 0 Å². The largest absolute Gasteiger partial charge is 0.408 e. The van der Waals surface area contributed by atoms with Crippen LogP contribution in [-0.2, 0) is 0 Å². The van der Waals surface area contributed by atoms with Crippen molar-refractivity contribution in [2.24, 2.45) is 5.92 Å². The van der Waals surface area contributed by atoms with Crippen LogP contribution in [0.4, 0.5) is 19.0 Å². The van der Waals surface area contributed by atoms with Crippen LogP contribution in [0.1, 0.15) is 72.3 Å². The van der Waals surface area contributed by atoms with E-state index in [1.807, 2.05) is 6.92 Å². The molecule has 2 aliphatic rings. The molecule has 2 N–H and O–H groups in total. The van der Waals surface area contributed by atoms with Gasteiger partial charge in [-0.1, -0.05) is 13.8 Å². The smallest absolute Gasteiger partial charge is 0.359 e. The molecule has 1 saturated carbocycles. The lowest BCUT2D eigenvalue weighted by atomic mass is 10.1. The van der Waals surface area contributed by atoms with Crippen molar-refractivity contribution < 1.29 is 22.8 Å². The summed E-state index contributed by atoms with van der Waals surface area (Å²) in [6.45, 7) is 7.85. The Morgan fingerprint density at radius 3 is 2.57 bits per heavy atom. The molecule has 4 atom stereocenters. The second-order valence-electron chi connectivity index (χ2n) is 9.51. The van der Waals surface area contributed by atoms with Gasteiger partial charge in [-0.15, -0.1) is 11.3 Å². The lowest BCUT2D eigenvalue weighted by molar-refractivity contribution is -0.142. The fourth-order valence-electron chi connectivity index (χ4n) is 4.34. The van der Waals surface area contributed by atoms with Crippen LogP contribution in [-0.4, -0.2) is 57.5 Å². The Kier molecular flexibility index (Phi) is 7.08. The third kappa shape index (κ3) is 5.44. The summed E-state index contributed by atoms with van der Waals surface area (Å²) >= 11 is 1.11. The number of alkyl halides is 3. The molecule has 2 aromatic rings. The number of nitrogens with zero attached hydrogens (tertiary/aromatic N) is 3. The van der Waals surface area contributed by atoms with E-state index in [9.17, 15) is 22.8 Å². The van der Waals surface area contributed by atoms with E-state index in [0.717, 1.165) is 30.6 Å². The average molecular weight is 510 g/mol. The number of halogens is 3. The third-order valence-corrected chi connectivity index (χ3v) is 7.83. The minimum atomic E-state index is -4.39. The highest BCUT2D eigenvalue weighted by atomic mass is 32.1. The average Bonchev–Trinajstić information content (AvgIpc) is 3.16. The van der Waals surface area contributed by atoms with Crippen molar-refractivity contribution in [2.75, 3.05) is 11.9 Å². The maximum atomic E-state index is 13.4. The molecule has 3 heterocycles. The zero-order valence-electron chi connectivity index (χ0n) is 20.2. The number of thiazole rings is 1. The molecule has 1 saturated heterocycles. The second-order valence-corrected chi connectivity index (χ2v) is 10.5. The highest BCUT2D eigenvalue weighted by Gasteiger charge is 2.39. The number of aryl methyl sites for hydroxylation is 1. The molecule has 0 bridgehead atoms. The number of pyridine rings is 1. The molecular weight excluding hydrogens is 479 g/mol. The number of hydrogen-bond acceptors (Lipinski definition) is 6. The molecule has 0 radical (unpaired) electrons. The number of carbonyl (C=O) groups excluding carboxylic acids is 2. The highest BCUT2D eigenvalue weighted by molar-refractivity contribution is 7.17. The minimum Gasteiger partial charge on any atom is -0.359 e. The number of hydrogen-bond donors (Lipinski definition) is 2. The zero-order chi connectivity index (χ0) is 25.5. The zero-order valence-corrected chi connectivity index (χ0v) is 21.0. The van der Waals surface area contributed by atoms with E-state index < -0.39 is 12.2 Å². The van der Waals surface area contributed by atoms with Gasteiger partial charge in [0.25, 0.3) is 11.8 Å². The summed E-state index contributed by atoms with van der Waals surface area (Å²) in [5, 5.41) is 5.59. The van der Waals surface area contributed by atoms with E-state index in [-0.39, 0.29) is 46.8 Å². The van der Waals surface area contributed by atoms with Crippen molar-refractivity contribution >= 4 is 29.0 Å². The molecule has 0 aromatic carbocycles. The number of amides is 2. The van der Waals surface area contributed by atoms with Crippen LogP contribution in [0.3, 0.4) is 0 Å². The number of aromatic nitrogens is 2. The Labute approximate surface area is 206 Å². The molecule has 2 amide bonds. The number of carbonyl (C=O) groups is 2. The van der Waals surface area contributed by atoms with Crippen LogP contribution < -0.4 is 10.6 Å². The highest BCUT2D eigenvalue weighted by Crippen LogP contribution is 2.36. The van der Waals surface area contributed by atoms with Gasteiger partial charge in [-0.05, 0) is 57.1 Å². The van der Waals surface area contributed by atoms with Crippen molar-refractivity contribution in [2.45, 2.75) is 77.7 Å². The first-order valence-corrected chi connectivity index (χ1v) is 12.7. The first kappa shape index (κ1) is 25.4. The first-order chi connectivity index (χ1) is 16.5. The van der Waals surface area contributed by atoms with Crippen molar-refractivity contribution in [3.63, 3.8) is 0 Å². The predicted molar refractivity (Wildman–Crippen MR) is 129 cm³/mol. The van der Waals surface area contributed by atoms with E-state index in [2.05, 4.69) is 27.5 Å². The fourth-order valence-corrected chi connectivity index (χ4v) is 5.37. The number of rotatable bonds is 7. The topological polar surface area (TPSA) is 87.2 Å². The van der Waals surface area contributed by atoms with Gasteiger partial charge in [0.05, 0.1) is 4.88 Å². The molecule has 4 rings (SSSR count). The Bertz CT molecular complexity index is 1120. The predicted octanol–water partition coefficient (Wildman–Crippen LogP) is 5.03. The maximum absolute atomic E-state index is 13.4. The van der Waals surface area contributed by atoms with Gasteiger partial charge in [-0.25, -0.2) is 9.97 Å². The molecule has 2 fully saturated rings. The van der Waals surface area contributed by atoms with Gasteiger partial charge in [-0.2, -0.15) is 13.2 Å². The second kappa shape index (κ2) is 9.75. The molecule has 35 heavy (non-hydrogen) atoms. The quantitative estimate of drug-likeness (QED) is 0.547. The standard InChI is InChI=1S/C24H30F3N5O2S/c1-5-17(24(25,26)27)30-18-10-12(2)15(11-28-18)20-19(23(34)32-8-6-7-14(32)4)31-22(35-20)21(33)29-16-9-13(16)3/h10-11,13-14,16-17H,5-9H2,1-4H3,(H,28,30)(H,29,33)/t13-,14+,16-,17+/m1/s1. The van der Waals surface area contributed by atoms with Gasteiger partial charge in [-0.3, -0.25) is 9.59 Å². The van der Waals surface area contributed by atoms with E-state index in [1.165, 1.54) is 19.2 Å². The van der Waals surface area contributed by atoms with E-state index in [0.29, 0.717) is 28.5 Å². The van der Waals surface area contributed by atoms with Crippen LogP contribution in [0, 0.1) is 12.8 Å². The molecule has 0 spiro atoms. The Morgan fingerprint density at radius 1 is 1.31 bits per heavy atom. The molecular formula is C24H30F3N5O2S. The van der Waals surface area contributed by atoms with Gasteiger partial charge in [0.15, 0.2) is 5.01 Å². The molecule has 190 valence electrons. The van der Waals surface area contributed by atoms with Crippen LogP contribution in [0.15, 0.2) is 12.3 Å². The summed E-state index contributed by atoms with van der Waals surface area (Å²) in [5.74, 6) is -0.0504. The molecule has 7 nitrogen and oxygen atoms in total. The van der Waals surface area contributed by atoms with Crippen molar-refractivity contribution in [1.82, 2.24) is 20.2 Å². The maximum Gasteiger partial charge on any atom is 0.408 e. The molecule has 1 aliphatic heterocycles. The lowest BCUT2D eigenvalue weighted by Gasteiger charge is -2.22. The van der Waals surface area contributed by atoms with Gasteiger partial charge in [0, 0.05) is 30.4 Å².